The van der Waals surface area contributed by atoms with Gasteiger partial charge < -0.3 is 5.32 Å². The van der Waals surface area contributed by atoms with Gasteiger partial charge in [0.2, 0.25) is 0 Å². The average molecular weight is 309 g/mol. The summed E-state index contributed by atoms with van der Waals surface area (Å²) in [5, 5.41) is 3.58. The number of thioether (sulfide) groups is 1. The van der Waals surface area contributed by atoms with Crippen molar-refractivity contribution in [3.8, 4) is 0 Å². The summed E-state index contributed by atoms with van der Waals surface area (Å²) in [4.78, 5) is 2.45. The van der Waals surface area contributed by atoms with Crippen LogP contribution in [0.4, 0.5) is 0 Å². The molecule has 0 amide bonds. The predicted octanol–water partition coefficient (Wildman–Crippen LogP) is 3.80. The van der Waals surface area contributed by atoms with E-state index in [1.54, 1.807) is 0 Å². The normalized spacial score (nSPS) is 13.7. The van der Waals surface area contributed by atoms with Crippen molar-refractivity contribution in [1.82, 2.24) is 10.2 Å². The van der Waals surface area contributed by atoms with Crippen molar-refractivity contribution in [2.45, 2.75) is 52.2 Å². The smallest absolute Gasteiger partial charge is 0.0236 e. The molecule has 1 aromatic carbocycles. The highest BCUT2D eigenvalue weighted by atomic mass is 32.2. The molecule has 1 unspecified atom stereocenters. The van der Waals surface area contributed by atoms with Gasteiger partial charge in [0.15, 0.2) is 0 Å². The number of rotatable bonds is 8. The van der Waals surface area contributed by atoms with Crippen LogP contribution in [-0.2, 0) is 13.0 Å². The van der Waals surface area contributed by atoms with Gasteiger partial charge in [0.1, 0.15) is 0 Å². The van der Waals surface area contributed by atoms with Gasteiger partial charge >= 0.3 is 0 Å². The molecule has 0 saturated carbocycles. The van der Waals surface area contributed by atoms with Gasteiger partial charge in [0.05, 0.1) is 0 Å². The van der Waals surface area contributed by atoms with Crippen molar-refractivity contribution in [3.05, 3.63) is 35.4 Å². The third-order valence-electron chi connectivity index (χ3n) is 3.75. The molecule has 0 aliphatic carbocycles. The van der Waals surface area contributed by atoms with E-state index < -0.39 is 0 Å². The summed E-state index contributed by atoms with van der Waals surface area (Å²) in [6, 6.07) is 9.46. The molecule has 120 valence electrons. The van der Waals surface area contributed by atoms with E-state index in [2.05, 4.69) is 75.5 Å². The third-order valence-corrected chi connectivity index (χ3v) is 4.56. The Morgan fingerprint density at radius 2 is 1.81 bits per heavy atom. The van der Waals surface area contributed by atoms with Crippen LogP contribution in [0.2, 0.25) is 0 Å². The van der Waals surface area contributed by atoms with Crippen LogP contribution < -0.4 is 5.32 Å². The highest BCUT2D eigenvalue weighted by molar-refractivity contribution is 7.98. The molecule has 0 saturated heterocycles. The number of hydrogen-bond acceptors (Lipinski definition) is 3. The molecule has 1 aromatic rings. The van der Waals surface area contributed by atoms with E-state index in [9.17, 15) is 0 Å². The first-order valence-corrected chi connectivity index (χ1v) is 9.24. The highest BCUT2D eigenvalue weighted by Gasteiger charge is 2.12. The second-order valence-corrected chi connectivity index (χ2v) is 7.83. The largest absolute Gasteiger partial charge is 0.312 e. The molecule has 0 fully saturated rings. The Morgan fingerprint density at radius 1 is 1.19 bits per heavy atom. The number of nitrogens with one attached hydrogen (secondary N) is 1. The second kappa shape index (κ2) is 8.82. The lowest BCUT2D eigenvalue weighted by Gasteiger charge is -2.25. The molecule has 2 nitrogen and oxygen atoms in total. The van der Waals surface area contributed by atoms with Crippen LogP contribution in [0.25, 0.3) is 0 Å². The summed E-state index contributed by atoms with van der Waals surface area (Å²) < 4.78 is 0. The molecule has 0 spiro atoms. The summed E-state index contributed by atoms with van der Waals surface area (Å²) in [5.41, 5.74) is 3.12. The van der Waals surface area contributed by atoms with Gasteiger partial charge in [-0.2, -0.15) is 11.8 Å². The molecule has 3 heteroatoms. The zero-order valence-electron chi connectivity index (χ0n) is 14.6. The zero-order chi connectivity index (χ0) is 15.9. The summed E-state index contributed by atoms with van der Waals surface area (Å²) >= 11 is 1.92. The van der Waals surface area contributed by atoms with E-state index in [1.165, 1.54) is 16.9 Å². The molecule has 1 N–H and O–H groups in total. The Kier molecular flexibility index (Phi) is 7.78. The fourth-order valence-electron chi connectivity index (χ4n) is 2.32. The minimum Gasteiger partial charge on any atom is -0.312 e. The van der Waals surface area contributed by atoms with E-state index in [-0.39, 0.29) is 5.54 Å². The summed E-state index contributed by atoms with van der Waals surface area (Å²) in [6.45, 7) is 11.0. The van der Waals surface area contributed by atoms with Crippen LogP contribution in [-0.4, -0.2) is 42.1 Å². The first-order chi connectivity index (χ1) is 9.83. The van der Waals surface area contributed by atoms with Gasteiger partial charge in [-0.15, -0.1) is 0 Å². The quantitative estimate of drug-likeness (QED) is 0.786. The maximum absolute atomic E-state index is 3.58. The van der Waals surface area contributed by atoms with Crippen molar-refractivity contribution in [2.24, 2.45) is 0 Å². The lowest BCUT2D eigenvalue weighted by molar-refractivity contribution is 0.269. The lowest BCUT2D eigenvalue weighted by atomic mass is 10.0. The number of nitrogens with zero attached hydrogens (tertiary/aromatic N) is 1. The van der Waals surface area contributed by atoms with Crippen molar-refractivity contribution < 1.29 is 0 Å². The Hall–Kier alpha value is -0.510. The molecule has 0 aromatic heterocycles. The van der Waals surface area contributed by atoms with Gasteiger partial charge in [-0.1, -0.05) is 24.3 Å². The minimum absolute atomic E-state index is 0.193. The highest BCUT2D eigenvalue weighted by Crippen LogP contribution is 2.14. The topological polar surface area (TPSA) is 15.3 Å². The van der Waals surface area contributed by atoms with Gasteiger partial charge in [-0.05, 0) is 65.1 Å². The third kappa shape index (κ3) is 7.35. The van der Waals surface area contributed by atoms with Crippen molar-refractivity contribution in [2.75, 3.05) is 25.6 Å². The number of benzene rings is 1. The molecule has 0 aliphatic rings. The van der Waals surface area contributed by atoms with Crippen molar-refractivity contribution in [3.63, 3.8) is 0 Å². The molecule has 0 radical (unpaired) electrons. The summed E-state index contributed by atoms with van der Waals surface area (Å²) in [7, 11) is 2.23. The molecule has 1 rings (SSSR count). The van der Waals surface area contributed by atoms with E-state index in [1.807, 2.05) is 11.8 Å². The predicted molar refractivity (Wildman–Crippen MR) is 97.2 cm³/mol. The molecule has 0 bridgehead atoms. The van der Waals surface area contributed by atoms with Crippen LogP contribution in [0.1, 0.15) is 38.8 Å². The van der Waals surface area contributed by atoms with Gasteiger partial charge in [0.25, 0.3) is 0 Å². The SMILES string of the molecule is CSCC(C)N(C)Cc1ccccc1CCNC(C)(C)C. The minimum atomic E-state index is 0.193. The van der Waals surface area contributed by atoms with E-state index in [0.29, 0.717) is 6.04 Å². The Balaban J connectivity index is 2.62. The summed E-state index contributed by atoms with van der Waals surface area (Å²) in [5.74, 6) is 1.18. The second-order valence-electron chi connectivity index (χ2n) is 6.91. The van der Waals surface area contributed by atoms with Crippen molar-refractivity contribution in [1.29, 1.82) is 0 Å². The van der Waals surface area contributed by atoms with Crippen LogP contribution in [0, 0.1) is 0 Å². The van der Waals surface area contributed by atoms with Crippen LogP contribution in [0.5, 0.6) is 0 Å². The van der Waals surface area contributed by atoms with E-state index in [0.717, 1.165) is 19.5 Å². The molecular formula is C18H32N2S. The molecule has 0 heterocycles. The van der Waals surface area contributed by atoms with Crippen molar-refractivity contribution >= 4 is 11.8 Å². The molecule has 0 aliphatic heterocycles. The fraction of sp³-hybridized carbons (Fsp3) is 0.667. The first kappa shape index (κ1) is 18.5. The fourth-order valence-corrected chi connectivity index (χ4v) is 3.06. The first-order valence-electron chi connectivity index (χ1n) is 7.84. The molecular weight excluding hydrogens is 276 g/mol. The Bertz CT molecular complexity index is 412. The Labute approximate surface area is 135 Å². The van der Waals surface area contributed by atoms with Gasteiger partial charge in [-0.3, -0.25) is 4.90 Å². The van der Waals surface area contributed by atoms with E-state index in [4.69, 9.17) is 0 Å². The summed E-state index contributed by atoms with van der Waals surface area (Å²) in [6.07, 6.45) is 3.27. The van der Waals surface area contributed by atoms with Crippen LogP contribution in [0.15, 0.2) is 24.3 Å². The van der Waals surface area contributed by atoms with Gasteiger partial charge in [0, 0.05) is 23.9 Å². The van der Waals surface area contributed by atoms with Crippen LogP contribution in [0.3, 0.4) is 0 Å². The lowest BCUT2D eigenvalue weighted by Crippen LogP contribution is -2.37. The zero-order valence-corrected chi connectivity index (χ0v) is 15.4. The monoisotopic (exact) mass is 308 g/mol. The van der Waals surface area contributed by atoms with E-state index >= 15 is 0 Å². The standard InChI is InChI=1S/C18H32N2S/c1-15(14-21-6)20(5)13-17-10-8-7-9-16(17)11-12-19-18(2,3)4/h7-10,15,19H,11-14H2,1-6H3. The molecule has 21 heavy (non-hydrogen) atoms. The average Bonchev–Trinajstić information content (AvgIpc) is 2.39. The van der Waals surface area contributed by atoms with Crippen LogP contribution >= 0.6 is 11.8 Å². The number of hydrogen-bond donors (Lipinski definition) is 1. The maximum Gasteiger partial charge on any atom is 0.0236 e. The van der Waals surface area contributed by atoms with Gasteiger partial charge in [-0.25, -0.2) is 0 Å². The maximum atomic E-state index is 3.58. The Morgan fingerprint density at radius 3 is 2.38 bits per heavy atom. The molecule has 1 atom stereocenters.